The highest BCUT2D eigenvalue weighted by atomic mass is 32.1. The lowest BCUT2D eigenvalue weighted by molar-refractivity contribution is 0.157. The van der Waals surface area contributed by atoms with Crippen molar-refractivity contribution in [3.8, 4) is 11.1 Å². The Hall–Kier alpha value is -1.66. The Morgan fingerprint density at radius 1 is 1.33 bits per heavy atom. The predicted octanol–water partition coefficient (Wildman–Crippen LogP) is 3.26. The predicted molar refractivity (Wildman–Crippen MR) is 88.5 cm³/mol. The van der Waals surface area contributed by atoms with Gasteiger partial charge in [-0.05, 0) is 41.1 Å². The van der Waals surface area contributed by atoms with Gasteiger partial charge in [-0.1, -0.05) is 13.8 Å². The summed E-state index contributed by atoms with van der Waals surface area (Å²) >= 11 is 1.40. The van der Waals surface area contributed by atoms with Gasteiger partial charge in [-0.3, -0.25) is 4.98 Å². The highest BCUT2D eigenvalue weighted by Gasteiger charge is 2.20. The molecule has 0 amide bonds. The fraction of sp³-hybridized carbons (Fsp3) is 0.467. The summed E-state index contributed by atoms with van der Waals surface area (Å²) in [5.74, 6) is 0.559. The monoisotopic (exact) mass is 306 g/mol. The first kappa shape index (κ1) is 15.7. The quantitative estimate of drug-likeness (QED) is 0.821. The van der Waals surface area contributed by atoms with Gasteiger partial charge < -0.3 is 15.8 Å². The van der Waals surface area contributed by atoms with Crippen LogP contribution in [0.2, 0.25) is 0 Å². The number of nitrogen functional groups attached to an aromatic ring is 1. The number of rotatable bonds is 7. The second-order valence-corrected chi connectivity index (χ2v) is 6.54. The third-order valence-corrected chi connectivity index (χ3v) is 4.22. The number of methoxy groups -OCH3 is 1. The molecule has 114 valence electrons. The zero-order valence-electron chi connectivity index (χ0n) is 12.7. The van der Waals surface area contributed by atoms with Gasteiger partial charge in [-0.15, -0.1) is 0 Å². The van der Waals surface area contributed by atoms with E-state index in [0.717, 1.165) is 35.7 Å². The molecule has 0 fully saturated rings. The minimum Gasteiger partial charge on any atom is -0.385 e. The number of nitrogens with zero attached hydrogens (tertiary/aromatic N) is 2. The van der Waals surface area contributed by atoms with E-state index in [1.165, 1.54) is 11.5 Å². The van der Waals surface area contributed by atoms with Crippen molar-refractivity contribution in [2.24, 2.45) is 5.41 Å². The molecule has 0 unspecified atom stereocenters. The van der Waals surface area contributed by atoms with Crippen molar-refractivity contribution in [3.63, 3.8) is 0 Å². The van der Waals surface area contributed by atoms with Crippen LogP contribution in [-0.4, -0.2) is 29.6 Å². The van der Waals surface area contributed by atoms with Crippen LogP contribution in [-0.2, 0) is 4.74 Å². The molecule has 2 rings (SSSR count). The summed E-state index contributed by atoms with van der Waals surface area (Å²) in [6.07, 6.45) is 4.52. The fourth-order valence-corrected chi connectivity index (χ4v) is 2.74. The molecule has 0 saturated heterocycles. The van der Waals surface area contributed by atoms with Crippen LogP contribution in [0, 0.1) is 5.41 Å². The van der Waals surface area contributed by atoms with Crippen molar-refractivity contribution in [2.45, 2.75) is 20.3 Å². The van der Waals surface area contributed by atoms with Gasteiger partial charge in [0.05, 0.1) is 5.56 Å². The van der Waals surface area contributed by atoms with Crippen molar-refractivity contribution >= 4 is 22.4 Å². The van der Waals surface area contributed by atoms with E-state index in [4.69, 9.17) is 10.5 Å². The molecule has 5 nitrogen and oxygen atoms in total. The molecule has 2 aromatic heterocycles. The molecule has 3 N–H and O–H groups in total. The van der Waals surface area contributed by atoms with Crippen LogP contribution >= 0.6 is 11.5 Å². The van der Waals surface area contributed by atoms with Crippen molar-refractivity contribution in [1.29, 1.82) is 0 Å². The summed E-state index contributed by atoms with van der Waals surface area (Å²) in [6.45, 7) is 6.04. The Balaban J connectivity index is 2.12. The van der Waals surface area contributed by atoms with Crippen LogP contribution in [0.5, 0.6) is 0 Å². The van der Waals surface area contributed by atoms with Crippen LogP contribution in [0.3, 0.4) is 0 Å². The molecule has 2 heterocycles. The lowest BCUT2D eigenvalue weighted by atomic mass is 9.90. The van der Waals surface area contributed by atoms with Gasteiger partial charge in [0.15, 0.2) is 0 Å². The smallest absolute Gasteiger partial charge is 0.147 e. The molecule has 0 saturated carbocycles. The highest BCUT2D eigenvalue weighted by Crippen LogP contribution is 2.37. The van der Waals surface area contributed by atoms with Gasteiger partial charge in [0.25, 0.3) is 0 Å². The summed E-state index contributed by atoms with van der Waals surface area (Å²) in [5, 5.41) is 4.49. The maximum Gasteiger partial charge on any atom is 0.147 e. The first-order valence-corrected chi connectivity index (χ1v) is 7.69. The van der Waals surface area contributed by atoms with Gasteiger partial charge in [0.1, 0.15) is 10.8 Å². The lowest BCUT2D eigenvalue weighted by Gasteiger charge is -2.25. The summed E-state index contributed by atoms with van der Waals surface area (Å²) < 4.78 is 9.43. The summed E-state index contributed by atoms with van der Waals surface area (Å²) in [5.41, 5.74) is 8.15. The third kappa shape index (κ3) is 4.15. The van der Waals surface area contributed by atoms with E-state index in [0.29, 0.717) is 5.82 Å². The Morgan fingerprint density at radius 3 is 2.71 bits per heavy atom. The van der Waals surface area contributed by atoms with Crippen LogP contribution in [0.15, 0.2) is 24.5 Å². The summed E-state index contributed by atoms with van der Waals surface area (Å²) in [4.78, 5) is 4.04. The average Bonchev–Trinajstić information content (AvgIpc) is 2.85. The highest BCUT2D eigenvalue weighted by molar-refractivity contribution is 7.11. The van der Waals surface area contributed by atoms with Crippen molar-refractivity contribution in [2.75, 3.05) is 31.3 Å². The van der Waals surface area contributed by atoms with E-state index < -0.39 is 0 Å². The lowest BCUT2D eigenvalue weighted by Crippen LogP contribution is -2.24. The first-order valence-electron chi connectivity index (χ1n) is 6.92. The van der Waals surface area contributed by atoms with Crippen LogP contribution in [0.25, 0.3) is 11.1 Å². The number of hydrogen-bond donors (Lipinski definition) is 2. The Labute approximate surface area is 129 Å². The van der Waals surface area contributed by atoms with E-state index in [9.17, 15) is 0 Å². The maximum atomic E-state index is 6.01. The number of aromatic nitrogens is 2. The normalized spacial score (nSPS) is 11.6. The Kier molecular flexibility index (Phi) is 5.14. The largest absolute Gasteiger partial charge is 0.385 e. The zero-order valence-corrected chi connectivity index (χ0v) is 13.5. The molecule has 0 aromatic carbocycles. The van der Waals surface area contributed by atoms with Gasteiger partial charge in [-0.2, -0.15) is 4.37 Å². The van der Waals surface area contributed by atoms with Crippen LogP contribution < -0.4 is 11.1 Å². The molecule has 0 atom stereocenters. The van der Waals surface area contributed by atoms with E-state index in [-0.39, 0.29) is 5.41 Å². The maximum absolute atomic E-state index is 6.01. The SMILES string of the molecule is COCCC(C)(C)CNc1snc(N)c1-c1ccncc1. The molecule has 0 aliphatic rings. The van der Waals surface area contributed by atoms with Gasteiger partial charge >= 0.3 is 0 Å². The minimum absolute atomic E-state index is 0.143. The fourth-order valence-electron chi connectivity index (χ4n) is 2.01. The molecular weight excluding hydrogens is 284 g/mol. The Bertz CT molecular complexity index is 568. The zero-order chi connectivity index (χ0) is 15.3. The topological polar surface area (TPSA) is 73.1 Å². The molecule has 2 aromatic rings. The minimum atomic E-state index is 0.143. The molecule has 0 bridgehead atoms. The number of nitrogens with one attached hydrogen (secondary N) is 1. The molecule has 21 heavy (non-hydrogen) atoms. The van der Waals surface area contributed by atoms with E-state index in [1.807, 2.05) is 12.1 Å². The van der Waals surface area contributed by atoms with Crippen LogP contribution in [0.4, 0.5) is 10.8 Å². The van der Waals surface area contributed by atoms with Crippen LogP contribution in [0.1, 0.15) is 20.3 Å². The summed E-state index contributed by atoms with van der Waals surface area (Å²) in [6, 6.07) is 3.89. The molecular formula is C15H22N4OS. The number of ether oxygens (including phenoxy) is 1. The second-order valence-electron chi connectivity index (χ2n) is 5.77. The number of pyridine rings is 1. The molecule has 0 aliphatic carbocycles. The van der Waals surface area contributed by atoms with Gasteiger partial charge in [0.2, 0.25) is 0 Å². The van der Waals surface area contributed by atoms with Crippen molar-refractivity contribution in [1.82, 2.24) is 9.36 Å². The van der Waals surface area contributed by atoms with Gasteiger partial charge in [0, 0.05) is 32.7 Å². The number of anilines is 2. The van der Waals surface area contributed by atoms with Crippen molar-refractivity contribution in [3.05, 3.63) is 24.5 Å². The molecule has 6 heteroatoms. The standard InChI is InChI=1S/C15H22N4OS/c1-15(2,6-9-20-3)10-18-14-12(13(16)19-21-14)11-4-7-17-8-5-11/h4-5,7-8,18H,6,9-10H2,1-3H3,(H2,16,19). The molecule has 0 spiro atoms. The Morgan fingerprint density at radius 2 is 2.05 bits per heavy atom. The average molecular weight is 306 g/mol. The number of nitrogens with two attached hydrogens (primary N) is 1. The molecule has 0 aliphatic heterocycles. The second kappa shape index (κ2) is 6.87. The third-order valence-electron chi connectivity index (χ3n) is 3.40. The van der Waals surface area contributed by atoms with E-state index >= 15 is 0 Å². The van der Waals surface area contributed by atoms with Crippen molar-refractivity contribution < 1.29 is 4.74 Å². The first-order chi connectivity index (χ1) is 10.0. The number of hydrogen-bond acceptors (Lipinski definition) is 6. The molecule has 0 radical (unpaired) electrons. The van der Waals surface area contributed by atoms with Gasteiger partial charge in [-0.25, -0.2) is 0 Å². The summed E-state index contributed by atoms with van der Waals surface area (Å²) in [7, 11) is 1.73. The van der Waals surface area contributed by atoms with E-state index in [1.54, 1.807) is 19.5 Å². The van der Waals surface area contributed by atoms with E-state index in [2.05, 4.69) is 28.5 Å².